The lowest BCUT2D eigenvalue weighted by atomic mass is 10.1. The average Bonchev–Trinajstić information content (AvgIpc) is 3.22. The number of fused-ring (bicyclic) bond motifs is 1. The lowest BCUT2D eigenvalue weighted by molar-refractivity contribution is -0.385. The van der Waals surface area contributed by atoms with Gasteiger partial charge >= 0.3 is 0 Å². The Kier molecular flexibility index (Phi) is 3.27. The van der Waals surface area contributed by atoms with E-state index in [0.717, 1.165) is 16.6 Å². The van der Waals surface area contributed by atoms with Crippen LogP contribution in [0.25, 0.3) is 33.9 Å². The third-order valence-corrected chi connectivity index (χ3v) is 4.03. The Hall–Kier alpha value is -3.62. The molecule has 0 saturated heterocycles. The fourth-order valence-corrected chi connectivity index (χ4v) is 2.68. The summed E-state index contributed by atoms with van der Waals surface area (Å²) in [6, 6.07) is 10.3. The van der Waals surface area contributed by atoms with E-state index in [1.807, 2.05) is 25.2 Å². The number of benzene rings is 2. The quantitative estimate of drug-likeness (QED) is 0.417. The lowest BCUT2D eigenvalue weighted by Crippen LogP contribution is -1.93. The van der Waals surface area contributed by atoms with Gasteiger partial charge in [0.25, 0.3) is 11.6 Å². The van der Waals surface area contributed by atoms with E-state index < -0.39 is 4.92 Å². The fraction of sp³-hybridized carbons (Fsp3) is 0.125. The van der Waals surface area contributed by atoms with Gasteiger partial charge in [0, 0.05) is 29.8 Å². The molecular formula is C16H12N6O3. The molecule has 0 aliphatic carbocycles. The maximum Gasteiger partial charge on any atom is 0.273 e. The Morgan fingerprint density at radius 2 is 2.08 bits per heavy atom. The summed E-state index contributed by atoms with van der Waals surface area (Å²) in [7, 11) is 1.81. The van der Waals surface area contributed by atoms with Gasteiger partial charge in [0.15, 0.2) is 0 Å². The lowest BCUT2D eigenvalue weighted by Gasteiger charge is -2.01. The van der Waals surface area contributed by atoms with Crippen molar-refractivity contribution in [2.24, 2.45) is 7.05 Å². The standard InChI is InChI=1S/C16H12N6O3/c1-9-11(4-3-5-13(9)22(23)24)16-17-15(19-25-16)10-6-7-14-12(8-10)18-20-21(14)2/h3-8H,1-2H3. The Bertz CT molecular complexity index is 1110. The van der Waals surface area contributed by atoms with E-state index >= 15 is 0 Å². The Balaban J connectivity index is 1.77. The van der Waals surface area contributed by atoms with E-state index in [1.165, 1.54) is 6.07 Å². The third kappa shape index (κ3) is 2.42. The van der Waals surface area contributed by atoms with E-state index in [-0.39, 0.29) is 11.6 Å². The molecule has 0 bridgehead atoms. The van der Waals surface area contributed by atoms with Crippen molar-refractivity contribution in [2.75, 3.05) is 0 Å². The van der Waals surface area contributed by atoms with Gasteiger partial charge in [-0.1, -0.05) is 16.4 Å². The van der Waals surface area contributed by atoms with Gasteiger partial charge in [-0.3, -0.25) is 10.1 Å². The van der Waals surface area contributed by atoms with Gasteiger partial charge in [0.2, 0.25) is 5.82 Å². The minimum atomic E-state index is -0.432. The van der Waals surface area contributed by atoms with Crippen LogP contribution in [-0.2, 0) is 7.05 Å². The number of nitro groups is 1. The van der Waals surface area contributed by atoms with Crippen molar-refractivity contribution in [3.63, 3.8) is 0 Å². The van der Waals surface area contributed by atoms with Crippen LogP contribution in [-0.4, -0.2) is 30.1 Å². The van der Waals surface area contributed by atoms with Crippen LogP contribution in [0.5, 0.6) is 0 Å². The van der Waals surface area contributed by atoms with E-state index in [0.29, 0.717) is 17.0 Å². The first-order valence-corrected chi connectivity index (χ1v) is 7.42. The van der Waals surface area contributed by atoms with Gasteiger partial charge in [-0.25, -0.2) is 4.68 Å². The topological polar surface area (TPSA) is 113 Å². The highest BCUT2D eigenvalue weighted by Gasteiger charge is 2.19. The van der Waals surface area contributed by atoms with E-state index in [2.05, 4.69) is 20.5 Å². The van der Waals surface area contributed by atoms with Crippen LogP contribution in [0.3, 0.4) is 0 Å². The highest BCUT2D eigenvalue weighted by Crippen LogP contribution is 2.30. The molecule has 0 amide bonds. The summed E-state index contributed by atoms with van der Waals surface area (Å²) in [6.45, 7) is 1.66. The van der Waals surface area contributed by atoms with E-state index in [1.54, 1.807) is 23.7 Å². The van der Waals surface area contributed by atoms with Gasteiger partial charge in [-0.05, 0) is 31.2 Å². The zero-order chi connectivity index (χ0) is 17.6. The van der Waals surface area contributed by atoms with Gasteiger partial charge < -0.3 is 4.52 Å². The molecule has 25 heavy (non-hydrogen) atoms. The molecule has 124 valence electrons. The van der Waals surface area contributed by atoms with Crippen molar-refractivity contribution in [2.45, 2.75) is 6.92 Å². The highest BCUT2D eigenvalue weighted by molar-refractivity contribution is 5.80. The zero-order valence-electron chi connectivity index (χ0n) is 13.4. The van der Waals surface area contributed by atoms with Crippen LogP contribution in [0.2, 0.25) is 0 Å². The molecular weight excluding hydrogens is 324 g/mol. The van der Waals surface area contributed by atoms with Crippen LogP contribution in [0.4, 0.5) is 5.69 Å². The van der Waals surface area contributed by atoms with Crippen LogP contribution < -0.4 is 0 Å². The summed E-state index contributed by atoms with van der Waals surface area (Å²) in [5, 5.41) is 23.1. The summed E-state index contributed by atoms with van der Waals surface area (Å²) in [4.78, 5) is 15.0. The molecule has 9 heteroatoms. The number of hydrogen-bond donors (Lipinski definition) is 0. The number of hydrogen-bond acceptors (Lipinski definition) is 7. The Labute approximate surface area is 141 Å². The predicted molar refractivity (Wildman–Crippen MR) is 88.6 cm³/mol. The first-order valence-electron chi connectivity index (χ1n) is 7.42. The van der Waals surface area contributed by atoms with Crippen molar-refractivity contribution in [1.82, 2.24) is 25.1 Å². The zero-order valence-corrected chi connectivity index (χ0v) is 13.4. The largest absolute Gasteiger partial charge is 0.334 e. The first kappa shape index (κ1) is 14.9. The molecule has 2 aromatic heterocycles. The summed E-state index contributed by atoms with van der Waals surface area (Å²) in [6.07, 6.45) is 0. The minimum Gasteiger partial charge on any atom is -0.334 e. The van der Waals surface area contributed by atoms with Gasteiger partial charge in [-0.15, -0.1) is 5.10 Å². The molecule has 4 rings (SSSR count). The highest BCUT2D eigenvalue weighted by atomic mass is 16.6. The normalized spacial score (nSPS) is 11.1. The van der Waals surface area contributed by atoms with Crippen molar-refractivity contribution in [1.29, 1.82) is 0 Å². The monoisotopic (exact) mass is 336 g/mol. The number of rotatable bonds is 3. The molecule has 0 saturated carbocycles. The van der Waals surface area contributed by atoms with Crippen molar-refractivity contribution in [3.05, 3.63) is 52.1 Å². The van der Waals surface area contributed by atoms with Crippen LogP contribution in [0.1, 0.15) is 5.56 Å². The predicted octanol–water partition coefficient (Wildman–Crippen LogP) is 2.90. The molecule has 0 N–H and O–H groups in total. The molecule has 0 radical (unpaired) electrons. The number of aryl methyl sites for hydroxylation is 1. The summed E-state index contributed by atoms with van der Waals surface area (Å²) >= 11 is 0. The molecule has 0 fully saturated rings. The summed E-state index contributed by atoms with van der Waals surface area (Å²) in [5.74, 6) is 0.615. The van der Waals surface area contributed by atoms with Crippen molar-refractivity contribution in [3.8, 4) is 22.8 Å². The smallest absolute Gasteiger partial charge is 0.273 e. The first-order chi connectivity index (χ1) is 12.0. The second-order valence-electron chi connectivity index (χ2n) is 5.55. The molecule has 2 aromatic carbocycles. The molecule has 0 unspecified atom stereocenters. The SMILES string of the molecule is Cc1c(-c2nc(-c3ccc4c(c3)nnn4C)no2)cccc1[N+](=O)[O-]. The van der Waals surface area contributed by atoms with Crippen LogP contribution in [0, 0.1) is 17.0 Å². The van der Waals surface area contributed by atoms with Crippen molar-refractivity contribution >= 4 is 16.7 Å². The van der Waals surface area contributed by atoms with Gasteiger partial charge in [-0.2, -0.15) is 4.98 Å². The third-order valence-electron chi connectivity index (χ3n) is 4.03. The second-order valence-corrected chi connectivity index (χ2v) is 5.55. The average molecular weight is 336 g/mol. The number of aromatic nitrogens is 5. The molecule has 0 aliphatic rings. The van der Waals surface area contributed by atoms with E-state index in [9.17, 15) is 10.1 Å². The molecule has 0 aliphatic heterocycles. The summed E-state index contributed by atoms with van der Waals surface area (Å²) in [5.41, 5.74) is 3.37. The molecule has 0 atom stereocenters. The van der Waals surface area contributed by atoms with Gasteiger partial charge in [0.1, 0.15) is 5.52 Å². The molecule has 4 aromatic rings. The van der Waals surface area contributed by atoms with Crippen LogP contribution in [0.15, 0.2) is 40.9 Å². The Morgan fingerprint density at radius 3 is 2.88 bits per heavy atom. The fourth-order valence-electron chi connectivity index (χ4n) is 2.68. The molecule has 9 nitrogen and oxygen atoms in total. The van der Waals surface area contributed by atoms with Gasteiger partial charge in [0.05, 0.1) is 10.4 Å². The minimum absolute atomic E-state index is 0.0122. The summed E-state index contributed by atoms with van der Waals surface area (Å²) < 4.78 is 6.99. The number of nitrogens with zero attached hydrogens (tertiary/aromatic N) is 6. The van der Waals surface area contributed by atoms with Crippen molar-refractivity contribution < 1.29 is 9.45 Å². The van der Waals surface area contributed by atoms with Crippen LogP contribution >= 0.6 is 0 Å². The molecule has 0 spiro atoms. The van der Waals surface area contributed by atoms with E-state index in [4.69, 9.17) is 4.52 Å². The Morgan fingerprint density at radius 1 is 1.24 bits per heavy atom. The maximum absolute atomic E-state index is 11.1. The number of nitro benzene ring substituents is 1. The second kappa shape index (κ2) is 5.48. The molecule has 2 heterocycles. The maximum atomic E-state index is 11.1.